The van der Waals surface area contributed by atoms with Crippen LogP contribution in [0.2, 0.25) is 0 Å². The zero-order valence-corrected chi connectivity index (χ0v) is 9.37. The maximum atomic E-state index is 9.95. The van der Waals surface area contributed by atoms with Gasteiger partial charge in [-0.2, -0.15) is 7.82 Å². The van der Waals surface area contributed by atoms with Crippen LogP contribution in [0.25, 0.3) is 0 Å². The van der Waals surface area contributed by atoms with Gasteiger partial charge in [-0.25, -0.2) is 0 Å². The molecule has 0 heterocycles. The number of aliphatic hydroxyl groups excluding tert-OH is 4. The molecule has 0 unspecified atom stereocenters. The van der Waals surface area contributed by atoms with Crippen LogP contribution >= 0.6 is 7.82 Å². The van der Waals surface area contributed by atoms with Gasteiger partial charge in [0.15, 0.2) is 6.29 Å². The van der Waals surface area contributed by atoms with Crippen molar-refractivity contribution >= 4 is 20.1 Å². The second-order valence-electron chi connectivity index (χ2n) is 2.82. The molecule has 18 heavy (non-hydrogen) atoms. The lowest BCUT2D eigenvalue weighted by molar-refractivity contribution is -0.432. The van der Waals surface area contributed by atoms with Crippen LogP contribution in [-0.4, -0.2) is 57.1 Å². The number of carboxylic acids is 1. The third-order valence-corrected chi connectivity index (χ3v) is 1.40. The maximum Gasteiger partial charge on any atom is 0.151 e. The van der Waals surface area contributed by atoms with Crippen LogP contribution in [0.1, 0.15) is 0 Å². The summed E-state index contributed by atoms with van der Waals surface area (Å²) >= 11 is 0. The normalized spacial score (nSPS) is 17.7. The zero-order valence-electron chi connectivity index (χ0n) is 8.48. The molecule has 0 aromatic heterocycles. The number of aliphatic hydroxyl groups is 4. The Labute approximate surface area is 99.8 Å². The fourth-order valence-electron chi connectivity index (χ4n) is 0.609. The number of carbonyl (C=O) groups excluding carboxylic acids is 2. The number of hydrogen-bond donors (Lipinski definition) is 4. The summed E-state index contributed by atoms with van der Waals surface area (Å²) in [7, 11) is -5.39. The Hall–Kier alpha value is -0.910. The van der Waals surface area contributed by atoms with Crippen LogP contribution < -0.4 is 19.8 Å². The van der Waals surface area contributed by atoms with E-state index in [0.717, 1.165) is 0 Å². The van der Waals surface area contributed by atoms with Gasteiger partial charge in [0.05, 0.1) is 5.97 Å². The number of carboxylic acid groups (broad SMARTS) is 1. The van der Waals surface area contributed by atoms with Crippen LogP contribution in [0.15, 0.2) is 0 Å². The Morgan fingerprint density at radius 3 is 1.61 bits per heavy atom. The smallest absolute Gasteiger partial charge is 0.151 e. The quantitative estimate of drug-likeness (QED) is 0.274. The Kier molecular flexibility index (Phi) is 8.89. The van der Waals surface area contributed by atoms with E-state index >= 15 is 0 Å². The first-order chi connectivity index (χ1) is 7.91. The molecule has 11 nitrogen and oxygen atoms in total. The van der Waals surface area contributed by atoms with Crippen molar-refractivity contribution in [3.63, 3.8) is 0 Å². The fourth-order valence-corrected chi connectivity index (χ4v) is 0.609. The van der Waals surface area contributed by atoms with Gasteiger partial charge in [0, 0.05) is 0 Å². The highest BCUT2D eigenvalue weighted by Crippen LogP contribution is 2.03. The number of aldehydes is 1. The molecule has 12 heteroatoms. The van der Waals surface area contributed by atoms with Gasteiger partial charge in [-0.05, 0) is 0 Å². The molecule has 0 fully saturated rings. The summed E-state index contributed by atoms with van der Waals surface area (Å²) in [4.78, 5) is 45.5. The lowest BCUT2D eigenvalue weighted by Gasteiger charge is -2.36. The average Bonchev–Trinajstić information content (AvgIpc) is 2.22. The summed E-state index contributed by atoms with van der Waals surface area (Å²) in [6.07, 6.45) is -8.65. The molecule has 0 aromatic rings. The minimum Gasteiger partial charge on any atom is -0.822 e. The summed E-state index contributed by atoms with van der Waals surface area (Å²) in [5.41, 5.74) is 0. The molecule has 0 aliphatic heterocycles. The molecular formula is C6H9O11P-4. The first kappa shape index (κ1) is 19.4. The molecule has 4 atom stereocenters. The van der Waals surface area contributed by atoms with Crippen molar-refractivity contribution in [2.75, 3.05) is 0 Å². The van der Waals surface area contributed by atoms with Gasteiger partial charge >= 0.3 is 0 Å². The van der Waals surface area contributed by atoms with Gasteiger partial charge in [0.25, 0.3) is 0 Å². The van der Waals surface area contributed by atoms with E-state index in [4.69, 9.17) is 39.7 Å². The molecule has 108 valence electrons. The molecule has 0 rings (SSSR count). The number of hydrogen-bond acceptors (Lipinski definition) is 11. The van der Waals surface area contributed by atoms with E-state index in [2.05, 4.69) is 0 Å². The largest absolute Gasteiger partial charge is 0.822 e. The van der Waals surface area contributed by atoms with Crippen molar-refractivity contribution in [2.24, 2.45) is 0 Å². The summed E-state index contributed by atoms with van der Waals surface area (Å²) in [6, 6.07) is 0. The highest BCUT2D eigenvalue weighted by Gasteiger charge is 2.30. The van der Waals surface area contributed by atoms with Crippen LogP contribution in [0.5, 0.6) is 0 Å². The van der Waals surface area contributed by atoms with E-state index in [9.17, 15) is 14.7 Å². The van der Waals surface area contributed by atoms with Gasteiger partial charge in [0.2, 0.25) is 0 Å². The number of phosphoric acid groups is 1. The molecule has 0 saturated carbocycles. The van der Waals surface area contributed by atoms with E-state index in [0.29, 0.717) is 0 Å². The monoisotopic (exact) mass is 288 g/mol. The number of rotatable bonds is 5. The molecular weight excluding hydrogens is 279 g/mol. The summed E-state index contributed by atoms with van der Waals surface area (Å²) < 4.78 is 8.55. The molecule has 4 N–H and O–H groups in total. The van der Waals surface area contributed by atoms with Crippen LogP contribution in [0.4, 0.5) is 0 Å². The highest BCUT2D eigenvalue weighted by molar-refractivity contribution is 7.40. The molecule has 0 aliphatic rings. The van der Waals surface area contributed by atoms with E-state index in [1.54, 1.807) is 0 Å². The van der Waals surface area contributed by atoms with E-state index < -0.39 is 38.2 Å². The summed E-state index contributed by atoms with van der Waals surface area (Å²) in [5, 5.41) is 44.8. The molecule has 0 spiro atoms. The molecule has 0 aromatic carbocycles. The standard InChI is InChI=1S/C6H10O7.H3O4P/c7-1-2(8)3(9)4(10)5(11)6(12)13;1-5(2,3)4/h1-5,8-11H,(H,12,13);(H3,1,2,3,4)/p-4/t2-,3+,4+,5-;/m0./s1. The molecule has 0 saturated heterocycles. The van der Waals surface area contributed by atoms with Crippen molar-refractivity contribution in [1.82, 2.24) is 0 Å². The van der Waals surface area contributed by atoms with Gasteiger partial charge < -0.3 is 54.4 Å². The second kappa shape index (κ2) is 8.24. The van der Waals surface area contributed by atoms with E-state index in [1.807, 2.05) is 0 Å². The van der Waals surface area contributed by atoms with E-state index in [-0.39, 0.29) is 6.29 Å². The van der Waals surface area contributed by atoms with Crippen LogP contribution in [0, 0.1) is 0 Å². The van der Waals surface area contributed by atoms with Crippen molar-refractivity contribution in [1.29, 1.82) is 0 Å². The third kappa shape index (κ3) is 10.3. The molecule has 0 amide bonds. The second-order valence-corrected chi connectivity index (χ2v) is 3.71. The van der Waals surface area contributed by atoms with Gasteiger partial charge in [-0.3, -0.25) is 0 Å². The topological polar surface area (TPSA) is 224 Å². The number of carbonyl (C=O) groups is 2. The lowest BCUT2D eigenvalue weighted by Crippen LogP contribution is -2.52. The fraction of sp³-hybridized carbons (Fsp3) is 0.667. The molecule has 0 bridgehead atoms. The van der Waals surface area contributed by atoms with Crippen LogP contribution in [0.3, 0.4) is 0 Å². The first-order valence-electron chi connectivity index (χ1n) is 4.03. The lowest BCUT2D eigenvalue weighted by atomic mass is 10.0. The van der Waals surface area contributed by atoms with Crippen molar-refractivity contribution in [3.8, 4) is 0 Å². The minimum absolute atomic E-state index is 0.101. The van der Waals surface area contributed by atoms with Gasteiger partial charge in [0.1, 0.15) is 24.4 Å². The zero-order chi connectivity index (χ0) is 15.1. The van der Waals surface area contributed by atoms with E-state index in [1.165, 1.54) is 0 Å². The Bertz CT molecular complexity index is 302. The average molecular weight is 288 g/mol. The number of aliphatic carboxylic acids is 1. The van der Waals surface area contributed by atoms with Gasteiger partial charge in [-0.1, -0.05) is 0 Å². The molecule has 0 aliphatic carbocycles. The SMILES string of the molecule is O=C[C@H](O)[C@@H](O)[C@@H](O)[C@H](O)C(=O)[O-].O=P([O-])([O-])[O-]. The van der Waals surface area contributed by atoms with Gasteiger partial charge in [-0.15, -0.1) is 0 Å². The Morgan fingerprint density at radius 1 is 1.06 bits per heavy atom. The third-order valence-electron chi connectivity index (χ3n) is 1.40. The predicted octanol–water partition coefficient (Wildman–Crippen LogP) is -7.45. The maximum absolute atomic E-state index is 9.95. The Balaban J connectivity index is 0. The summed E-state index contributed by atoms with van der Waals surface area (Å²) in [5.74, 6) is -2.01. The highest BCUT2D eigenvalue weighted by atomic mass is 31.2. The van der Waals surface area contributed by atoms with Crippen molar-refractivity contribution in [3.05, 3.63) is 0 Å². The first-order valence-corrected chi connectivity index (χ1v) is 5.49. The predicted molar refractivity (Wildman–Crippen MR) is 42.7 cm³/mol. The van der Waals surface area contributed by atoms with Crippen molar-refractivity contribution < 1.29 is 54.4 Å². The van der Waals surface area contributed by atoms with Crippen LogP contribution in [-0.2, 0) is 14.2 Å². The summed E-state index contributed by atoms with van der Waals surface area (Å²) in [6.45, 7) is 0. The van der Waals surface area contributed by atoms with Crippen molar-refractivity contribution in [2.45, 2.75) is 24.4 Å². The molecule has 0 radical (unpaired) electrons. The minimum atomic E-state index is -5.39. The Morgan fingerprint density at radius 2 is 1.39 bits per heavy atom.